The van der Waals surface area contributed by atoms with Crippen LogP contribution in [-0.2, 0) is 17.4 Å². The zero-order chi connectivity index (χ0) is 23.8. The predicted octanol–water partition coefficient (Wildman–Crippen LogP) is 6.96. The van der Waals surface area contributed by atoms with E-state index in [0.29, 0.717) is 5.75 Å². The smallest absolute Gasteiger partial charge is 0.123 e. The van der Waals surface area contributed by atoms with Crippen molar-refractivity contribution in [2.75, 3.05) is 14.1 Å². The molecule has 3 heteroatoms. The predicted molar refractivity (Wildman–Crippen MR) is 134 cm³/mol. The summed E-state index contributed by atoms with van der Waals surface area (Å²) in [6.07, 6.45) is 2.84. The maximum Gasteiger partial charge on any atom is 0.123 e. The minimum atomic E-state index is -0.272. The third-order valence-corrected chi connectivity index (χ3v) is 5.30. The number of phenols is 1. The standard InChI is InChI=1S/C17H29NO.C11H16O/c1-16(2,3)13-9-12(11-18(7)8)10-14(15(13)19)17(4,5)6;1-2-3-9-11(12)10-7-5-4-6-8-10/h9-10,19H,11H2,1-8H3;4-8,11-12H,2-3,9H2,1H3. The summed E-state index contributed by atoms with van der Waals surface area (Å²) in [6.45, 7) is 15.9. The normalized spacial score (nSPS) is 13.0. The Hall–Kier alpha value is -1.84. The third kappa shape index (κ3) is 9.04. The van der Waals surface area contributed by atoms with E-state index in [0.717, 1.165) is 42.5 Å². The van der Waals surface area contributed by atoms with Crippen LogP contribution < -0.4 is 0 Å². The summed E-state index contributed by atoms with van der Waals surface area (Å²) in [4.78, 5) is 2.16. The molecule has 0 aliphatic heterocycles. The fourth-order valence-corrected chi connectivity index (χ4v) is 3.53. The molecule has 0 saturated heterocycles. The van der Waals surface area contributed by atoms with Crippen molar-refractivity contribution >= 4 is 0 Å². The van der Waals surface area contributed by atoms with Gasteiger partial charge >= 0.3 is 0 Å². The molecule has 0 aliphatic carbocycles. The Bertz CT molecular complexity index is 748. The highest BCUT2D eigenvalue weighted by molar-refractivity contribution is 5.49. The van der Waals surface area contributed by atoms with Crippen molar-refractivity contribution in [2.24, 2.45) is 0 Å². The van der Waals surface area contributed by atoms with Crippen LogP contribution in [0.5, 0.6) is 5.75 Å². The molecule has 0 amide bonds. The fourth-order valence-electron chi connectivity index (χ4n) is 3.53. The number of aliphatic hydroxyl groups excluding tert-OH is 1. The molecule has 2 aromatic rings. The van der Waals surface area contributed by atoms with Crippen LogP contribution in [0, 0.1) is 0 Å². The first-order valence-electron chi connectivity index (χ1n) is 11.5. The maximum absolute atomic E-state index is 10.6. The molecular formula is C28H45NO2. The number of aliphatic hydroxyl groups is 1. The Morgan fingerprint density at radius 1 is 0.871 bits per heavy atom. The lowest BCUT2D eigenvalue weighted by molar-refractivity contribution is 0.164. The molecule has 2 N–H and O–H groups in total. The molecular weight excluding hydrogens is 382 g/mol. The van der Waals surface area contributed by atoms with Gasteiger partial charge in [0.2, 0.25) is 0 Å². The number of phenolic OH excluding ortho intramolecular Hbond substituents is 1. The summed E-state index contributed by atoms with van der Waals surface area (Å²) < 4.78 is 0. The highest BCUT2D eigenvalue weighted by Gasteiger charge is 2.26. The number of unbranched alkanes of at least 4 members (excludes halogenated alkanes) is 1. The van der Waals surface area contributed by atoms with Gasteiger partial charge in [0.1, 0.15) is 5.75 Å². The molecule has 0 heterocycles. The van der Waals surface area contributed by atoms with E-state index in [1.807, 2.05) is 30.3 Å². The molecule has 0 bridgehead atoms. The lowest BCUT2D eigenvalue weighted by Crippen LogP contribution is -2.19. The maximum atomic E-state index is 10.6. The number of benzene rings is 2. The van der Waals surface area contributed by atoms with E-state index in [4.69, 9.17) is 0 Å². The van der Waals surface area contributed by atoms with Gasteiger partial charge < -0.3 is 15.1 Å². The number of aromatic hydroxyl groups is 1. The molecule has 31 heavy (non-hydrogen) atoms. The van der Waals surface area contributed by atoms with Gasteiger partial charge in [-0.15, -0.1) is 0 Å². The molecule has 0 aliphatic rings. The van der Waals surface area contributed by atoms with E-state index in [1.165, 1.54) is 5.56 Å². The van der Waals surface area contributed by atoms with Crippen LogP contribution in [0.4, 0.5) is 0 Å². The largest absolute Gasteiger partial charge is 0.507 e. The van der Waals surface area contributed by atoms with Crippen molar-refractivity contribution in [2.45, 2.75) is 91.2 Å². The number of rotatable bonds is 6. The van der Waals surface area contributed by atoms with Crippen LogP contribution in [0.2, 0.25) is 0 Å². The van der Waals surface area contributed by atoms with E-state index < -0.39 is 0 Å². The molecule has 0 saturated carbocycles. The summed E-state index contributed by atoms with van der Waals surface area (Å²) in [5.74, 6) is 0.461. The third-order valence-electron chi connectivity index (χ3n) is 5.30. The summed E-state index contributed by atoms with van der Waals surface area (Å²) in [7, 11) is 4.14. The van der Waals surface area contributed by atoms with Crippen LogP contribution in [0.25, 0.3) is 0 Å². The summed E-state index contributed by atoms with van der Waals surface area (Å²) >= 11 is 0. The van der Waals surface area contributed by atoms with Gasteiger partial charge in [0.25, 0.3) is 0 Å². The second-order valence-electron chi connectivity index (χ2n) is 10.8. The van der Waals surface area contributed by atoms with Gasteiger partial charge in [0, 0.05) is 6.54 Å². The molecule has 2 rings (SSSR count). The monoisotopic (exact) mass is 427 g/mol. The molecule has 0 spiro atoms. The SMILES string of the molecule is CCCCC(O)c1ccccc1.CN(C)Cc1cc(C(C)(C)C)c(O)c(C(C)(C)C)c1. The van der Waals surface area contributed by atoms with Gasteiger partial charge in [-0.1, -0.05) is 104 Å². The van der Waals surface area contributed by atoms with Gasteiger partial charge in [0.15, 0.2) is 0 Å². The lowest BCUT2D eigenvalue weighted by Gasteiger charge is -2.28. The van der Waals surface area contributed by atoms with Crippen molar-refractivity contribution in [1.82, 2.24) is 4.90 Å². The highest BCUT2D eigenvalue weighted by atomic mass is 16.3. The molecule has 0 fully saturated rings. The molecule has 2 aromatic carbocycles. The van der Waals surface area contributed by atoms with E-state index in [-0.39, 0.29) is 16.9 Å². The van der Waals surface area contributed by atoms with Crippen LogP contribution in [-0.4, -0.2) is 29.2 Å². The average Bonchev–Trinajstić information content (AvgIpc) is 2.66. The van der Waals surface area contributed by atoms with Crippen LogP contribution in [0.1, 0.15) is 96.1 Å². The Morgan fingerprint density at radius 3 is 1.74 bits per heavy atom. The van der Waals surface area contributed by atoms with Crippen molar-refractivity contribution in [3.63, 3.8) is 0 Å². The minimum Gasteiger partial charge on any atom is -0.507 e. The van der Waals surface area contributed by atoms with Gasteiger partial charge in [0.05, 0.1) is 6.10 Å². The topological polar surface area (TPSA) is 43.7 Å². The van der Waals surface area contributed by atoms with Crippen molar-refractivity contribution < 1.29 is 10.2 Å². The molecule has 3 nitrogen and oxygen atoms in total. The highest BCUT2D eigenvalue weighted by Crippen LogP contribution is 2.39. The lowest BCUT2D eigenvalue weighted by atomic mass is 9.78. The second kappa shape index (κ2) is 11.7. The Labute approximate surface area is 191 Å². The molecule has 0 aromatic heterocycles. The van der Waals surface area contributed by atoms with E-state index in [2.05, 4.69) is 79.6 Å². The van der Waals surface area contributed by atoms with Gasteiger partial charge in [-0.2, -0.15) is 0 Å². The first kappa shape index (κ1) is 27.2. The van der Waals surface area contributed by atoms with E-state index in [1.54, 1.807) is 0 Å². The van der Waals surface area contributed by atoms with E-state index >= 15 is 0 Å². The Balaban J connectivity index is 0.000000343. The first-order valence-corrected chi connectivity index (χ1v) is 11.5. The summed E-state index contributed by atoms with van der Waals surface area (Å²) in [5.41, 5.74) is 4.27. The zero-order valence-corrected chi connectivity index (χ0v) is 21.3. The molecule has 1 unspecified atom stereocenters. The first-order chi connectivity index (χ1) is 14.3. The Morgan fingerprint density at radius 2 is 1.35 bits per heavy atom. The average molecular weight is 428 g/mol. The summed E-state index contributed by atoms with van der Waals surface area (Å²) in [5, 5.41) is 20.3. The van der Waals surface area contributed by atoms with Crippen molar-refractivity contribution in [1.29, 1.82) is 0 Å². The number of hydrogen-bond acceptors (Lipinski definition) is 3. The quantitative estimate of drug-likeness (QED) is 0.524. The molecule has 0 radical (unpaired) electrons. The van der Waals surface area contributed by atoms with Crippen molar-refractivity contribution in [3.05, 3.63) is 64.7 Å². The van der Waals surface area contributed by atoms with E-state index in [9.17, 15) is 10.2 Å². The van der Waals surface area contributed by atoms with Crippen molar-refractivity contribution in [3.8, 4) is 5.75 Å². The second-order valence-corrected chi connectivity index (χ2v) is 10.8. The number of nitrogens with zero attached hydrogens (tertiary/aromatic N) is 1. The molecule has 1 atom stereocenters. The number of hydrogen-bond donors (Lipinski definition) is 2. The zero-order valence-electron chi connectivity index (χ0n) is 21.3. The van der Waals surface area contributed by atoms with Crippen LogP contribution in [0.15, 0.2) is 42.5 Å². The van der Waals surface area contributed by atoms with Gasteiger partial charge in [-0.25, -0.2) is 0 Å². The van der Waals surface area contributed by atoms with Crippen LogP contribution >= 0.6 is 0 Å². The van der Waals surface area contributed by atoms with Crippen LogP contribution in [0.3, 0.4) is 0 Å². The fraction of sp³-hybridized carbons (Fsp3) is 0.571. The van der Waals surface area contributed by atoms with Gasteiger partial charge in [-0.3, -0.25) is 0 Å². The Kier molecular flexibility index (Phi) is 10.3. The minimum absolute atomic E-state index is 0.0492. The van der Waals surface area contributed by atoms with Gasteiger partial charge in [-0.05, 0) is 53.6 Å². The summed E-state index contributed by atoms with van der Waals surface area (Å²) in [6, 6.07) is 14.1. The molecule has 174 valence electrons.